The summed E-state index contributed by atoms with van der Waals surface area (Å²) in [5.41, 5.74) is -1.44. The van der Waals surface area contributed by atoms with Gasteiger partial charge in [-0.3, -0.25) is 9.59 Å². The Morgan fingerprint density at radius 2 is 1.80 bits per heavy atom. The molecular formula is C32H32F5N7O5. The summed E-state index contributed by atoms with van der Waals surface area (Å²) in [6.45, 7) is 5.53. The number of esters is 1. The molecule has 0 saturated carbocycles. The lowest BCUT2D eigenvalue weighted by molar-refractivity contribution is -0.189. The molecule has 2 aliphatic heterocycles. The Labute approximate surface area is 277 Å². The molecule has 3 heterocycles. The topological polar surface area (TPSA) is 146 Å². The number of hydrogen-bond acceptors (Lipinski definition) is 8. The predicted molar refractivity (Wildman–Crippen MR) is 166 cm³/mol. The number of amides is 4. The third-order valence-electron chi connectivity index (χ3n) is 7.73. The van der Waals surface area contributed by atoms with Crippen molar-refractivity contribution in [2.24, 2.45) is 0 Å². The second-order valence-electron chi connectivity index (χ2n) is 11.7. The van der Waals surface area contributed by atoms with Crippen LogP contribution in [0.15, 0.2) is 30.3 Å². The number of urea groups is 1. The van der Waals surface area contributed by atoms with Crippen molar-refractivity contribution in [1.29, 1.82) is 0 Å². The number of benzene rings is 2. The third kappa shape index (κ3) is 7.39. The van der Waals surface area contributed by atoms with Crippen LogP contribution in [-0.4, -0.2) is 70.5 Å². The van der Waals surface area contributed by atoms with E-state index in [9.17, 15) is 32.3 Å². The van der Waals surface area contributed by atoms with E-state index in [2.05, 4.69) is 25.9 Å². The van der Waals surface area contributed by atoms with E-state index in [1.807, 2.05) is 0 Å². The van der Waals surface area contributed by atoms with Crippen LogP contribution in [0, 0.1) is 18.6 Å². The van der Waals surface area contributed by atoms with Crippen LogP contribution in [0.1, 0.15) is 54.6 Å². The van der Waals surface area contributed by atoms with Crippen molar-refractivity contribution in [3.8, 4) is 17.0 Å². The van der Waals surface area contributed by atoms with E-state index in [0.29, 0.717) is 30.8 Å². The molecule has 3 N–H and O–H groups in total. The van der Waals surface area contributed by atoms with E-state index in [-0.39, 0.29) is 53.1 Å². The second-order valence-corrected chi connectivity index (χ2v) is 11.7. The number of ether oxygens (including phenoxy) is 1. The number of carbonyl (C=O) groups is 4. The highest BCUT2D eigenvalue weighted by atomic mass is 19.4. The fourth-order valence-electron chi connectivity index (χ4n) is 5.52. The SMILES string of the molecule is Cc1ccc(C(=O)NC(C)C)c(OC(=O)C(F)(F)F)c1-c1nc(NCCCN2CCCC2=O)nc2c1CNC(=O)N2c1c(F)cccc1F. The molecule has 2 aliphatic rings. The zero-order valence-electron chi connectivity index (χ0n) is 26.6. The number of nitrogens with one attached hydrogen (secondary N) is 3. The number of hydrogen-bond donors (Lipinski definition) is 3. The number of nitrogens with zero attached hydrogens (tertiary/aromatic N) is 4. The van der Waals surface area contributed by atoms with Gasteiger partial charge in [-0.15, -0.1) is 0 Å². The lowest BCUT2D eigenvalue weighted by atomic mass is 9.95. The first-order chi connectivity index (χ1) is 23.2. The monoisotopic (exact) mass is 689 g/mol. The van der Waals surface area contributed by atoms with E-state index in [4.69, 9.17) is 4.74 Å². The van der Waals surface area contributed by atoms with Gasteiger partial charge < -0.3 is 25.6 Å². The van der Waals surface area contributed by atoms with Gasteiger partial charge in [-0.05, 0) is 57.4 Å². The number of anilines is 3. The first-order valence-electron chi connectivity index (χ1n) is 15.4. The highest BCUT2D eigenvalue weighted by Gasteiger charge is 2.43. The van der Waals surface area contributed by atoms with Crippen LogP contribution < -0.4 is 25.6 Å². The summed E-state index contributed by atoms with van der Waals surface area (Å²) in [7, 11) is 0. The summed E-state index contributed by atoms with van der Waals surface area (Å²) in [5.74, 6) is -6.99. The summed E-state index contributed by atoms with van der Waals surface area (Å²) in [4.78, 5) is 61.9. The van der Waals surface area contributed by atoms with Gasteiger partial charge in [-0.1, -0.05) is 12.1 Å². The minimum Gasteiger partial charge on any atom is -0.418 e. The zero-order chi connectivity index (χ0) is 35.6. The maximum Gasteiger partial charge on any atom is 0.491 e. The Bertz CT molecular complexity index is 1800. The standard InChI is InChI=1S/C32H32F5N7O5/c1-16(2)40-28(46)18-11-10-17(3)23(26(18)49-29(47)32(35,36)37)24-19-15-39-31(48)44(25-20(33)7-4-8-21(25)34)27(19)42-30(41-24)38-12-6-14-43-13-5-9-22(43)45/h4,7-8,10-11,16H,5-6,9,12-15H2,1-3H3,(H,39,48)(H,40,46)(H,38,41,42). The Morgan fingerprint density at radius 1 is 1.08 bits per heavy atom. The van der Waals surface area contributed by atoms with Gasteiger partial charge >= 0.3 is 18.2 Å². The Balaban J connectivity index is 1.71. The number of alkyl halides is 3. The zero-order valence-corrected chi connectivity index (χ0v) is 26.6. The lowest BCUT2D eigenvalue weighted by Crippen LogP contribution is -2.43. The average Bonchev–Trinajstić information content (AvgIpc) is 3.43. The maximum absolute atomic E-state index is 15.1. The fraction of sp³-hybridized carbons (Fsp3) is 0.375. The van der Waals surface area contributed by atoms with E-state index in [1.165, 1.54) is 19.1 Å². The molecule has 12 nitrogen and oxygen atoms in total. The summed E-state index contributed by atoms with van der Waals surface area (Å²) >= 11 is 0. The number of aromatic nitrogens is 2. The normalized spacial score (nSPS) is 14.6. The van der Waals surface area contributed by atoms with Gasteiger partial charge in [0.05, 0.1) is 17.8 Å². The fourth-order valence-corrected chi connectivity index (χ4v) is 5.52. The summed E-state index contributed by atoms with van der Waals surface area (Å²) in [6.07, 6.45) is -3.84. The van der Waals surface area contributed by atoms with Crippen LogP contribution >= 0.6 is 0 Å². The van der Waals surface area contributed by atoms with Gasteiger partial charge in [-0.25, -0.2) is 28.3 Å². The molecule has 0 spiro atoms. The molecule has 2 aromatic carbocycles. The van der Waals surface area contributed by atoms with E-state index in [0.717, 1.165) is 24.6 Å². The number of aryl methyl sites for hydroxylation is 1. The second kappa shape index (κ2) is 14.0. The molecule has 17 heteroatoms. The first-order valence-corrected chi connectivity index (χ1v) is 15.4. The van der Waals surface area contributed by atoms with Crippen molar-refractivity contribution in [3.05, 3.63) is 58.7 Å². The minimum atomic E-state index is -5.45. The Morgan fingerprint density at radius 3 is 2.43 bits per heavy atom. The number of likely N-dealkylation sites (tertiary alicyclic amines) is 1. The summed E-state index contributed by atoms with van der Waals surface area (Å²) < 4.78 is 75.8. The molecule has 1 fully saturated rings. The van der Waals surface area contributed by atoms with Crippen molar-refractivity contribution >= 4 is 41.3 Å². The van der Waals surface area contributed by atoms with Crippen LogP contribution in [0.25, 0.3) is 11.3 Å². The Hall–Kier alpha value is -5.35. The van der Waals surface area contributed by atoms with Gasteiger partial charge in [-0.2, -0.15) is 18.2 Å². The molecule has 1 saturated heterocycles. The lowest BCUT2D eigenvalue weighted by Gasteiger charge is -2.31. The molecule has 5 rings (SSSR count). The first kappa shape index (κ1) is 35.0. The van der Waals surface area contributed by atoms with Gasteiger partial charge in [0.25, 0.3) is 5.91 Å². The van der Waals surface area contributed by atoms with Crippen molar-refractivity contribution in [3.63, 3.8) is 0 Å². The number of rotatable bonds is 10. The molecule has 49 heavy (non-hydrogen) atoms. The average molecular weight is 690 g/mol. The van der Waals surface area contributed by atoms with Crippen molar-refractivity contribution in [2.75, 3.05) is 29.9 Å². The third-order valence-corrected chi connectivity index (χ3v) is 7.73. The van der Waals surface area contributed by atoms with Gasteiger partial charge in [0, 0.05) is 43.2 Å². The molecule has 1 aromatic heterocycles. The number of para-hydroxylation sites is 1. The smallest absolute Gasteiger partial charge is 0.418 e. The van der Waals surface area contributed by atoms with Crippen molar-refractivity contribution in [1.82, 2.24) is 25.5 Å². The molecule has 260 valence electrons. The van der Waals surface area contributed by atoms with E-state index >= 15 is 8.78 Å². The van der Waals surface area contributed by atoms with Gasteiger partial charge in [0.2, 0.25) is 11.9 Å². The molecule has 4 amide bonds. The molecule has 0 unspecified atom stereocenters. The van der Waals surface area contributed by atoms with Crippen molar-refractivity contribution in [2.45, 2.75) is 58.8 Å². The number of halogens is 5. The minimum absolute atomic E-state index is 0.00991. The van der Waals surface area contributed by atoms with Crippen LogP contribution in [0.4, 0.5) is 44.2 Å². The molecule has 0 atom stereocenters. The van der Waals surface area contributed by atoms with Crippen LogP contribution in [0.2, 0.25) is 0 Å². The highest BCUT2D eigenvalue weighted by molar-refractivity contribution is 6.04. The maximum atomic E-state index is 15.1. The number of carbonyl (C=O) groups excluding carboxylic acids is 4. The Kier molecular flexibility index (Phi) is 10.0. The molecular weight excluding hydrogens is 657 g/mol. The van der Waals surface area contributed by atoms with Crippen LogP contribution in [0.3, 0.4) is 0 Å². The molecule has 0 aliphatic carbocycles. The summed E-state index contributed by atoms with van der Waals surface area (Å²) in [6, 6.07) is 4.11. The highest BCUT2D eigenvalue weighted by Crippen LogP contribution is 2.43. The number of fused-ring (bicyclic) bond motifs is 1. The molecule has 0 bridgehead atoms. The van der Waals surface area contributed by atoms with E-state index in [1.54, 1.807) is 18.7 Å². The summed E-state index contributed by atoms with van der Waals surface area (Å²) in [5, 5.41) is 7.99. The quantitative estimate of drug-likeness (QED) is 0.115. The van der Waals surface area contributed by atoms with E-state index < -0.39 is 58.8 Å². The van der Waals surface area contributed by atoms with Crippen LogP contribution in [0.5, 0.6) is 5.75 Å². The molecule has 0 radical (unpaired) electrons. The van der Waals surface area contributed by atoms with Gasteiger partial charge in [0.1, 0.15) is 17.3 Å². The van der Waals surface area contributed by atoms with Crippen molar-refractivity contribution < 1.29 is 45.9 Å². The van der Waals surface area contributed by atoms with Gasteiger partial charge in [0.15, 0.2) is 11.6 Å². The largest absolute Gasteiger partial charge is 0.491 e. The molecule has 3 aromatic rings. The predicted octanol–water partition coefficient (Wildman–Crippen LogP) is 5.12. The van der Waals surface area contributed by atoms with Crippen LogP contribution in [-0.2, 0) is 16.1 Å².